The average molecular weight is 302 g/mol. The van der Waals surface area contributed by atoms with E-state index in [4.69, 9.17) is 10.2 Å². The summed E-state index contributed by atoms with van der Waals surface area (Å²) < 4.78 is 1.85. The minimum Gasteiger partial charge on any atom is -0.481 e. The Morgan fingerprint density at radius 2 is 1.64 bits per heavy atom. The Morgan fingerprint density at radius 3 is 2.14 bits per heavy atom. The molecule has 1 aromatic heterocycles. The molecular weight excluding hydrogens is 288 g/mol. The fourth-order valence-corrected chi connectivity index (χ4v) is 1.91. The summed E-state index contributed by atoms with van der Waals surface area (Å²) in [5.74, 6) is -3.32. The van der Waals surface area contributed by atoms with Gasteiger partial charge >= 0.3 is 11.9 Å². The third-order valence-corrected chi connectivity index (χ3v) is 3.01. The molecule has 0 aliphatic carbocycles. The lowest BCUT2D eigenvalue weighted by Gasteiger charge is -2.12. The summed E-state index contributed by atoms with van der Waals surface area (Å²) in [6.07, 6.45) is 3.02. The van der Waals surface area contributed by atoms with E-state index in [1.54, 1.807) is 24.3 Å². The Hall–Kier alpha value is -3.09. The van der Waals surface area contributed by atoms with E-state index < -0.39 is 30.3 Å². The van der Waals surface area contributed by atoms with Gasteiger partial charge in [-0.15, -0.1) is 0 Å². The number of nitrogens with zero attached hydrogens (tertiary/aromatic N) is 1. The smallest absolute Gasteiger partial charge is 0.326 e. The molecule has 1 atom stereocenters. The van der Waals surface area contributed by atoms with E-state index in [2.05, 4.69) is 5.32 Å². The zero-order chi connectivity index (χ0) is 16.1. The lowest BCUT2D eigenvalue weighted by atomic mass is 10.1. The van der Waals surface area contributed by atoms with Crippen molar-refractivity contribution in [3.63, 3.8) is 0 Å². The van der Waals surface area contributed by atoms with Gasteiger partial charge in [-0.25, -0.2) is 4.79 Å². The lowest BCUT2D eigenvalue weighted by Crippen LogP contribution is -2.42. The van der Waals surface area contributed by atoms with Gasteiger partial charge in [0.25, 0.3) is 5.91 Å². The highest BCUT2D eigenvalue weighted by atomic mass is 16.4. The predicted octanol–water partition coefficient (Wildman–Crippen LogP) is 1.14. The maximum Gasteiger partial charge on any atom is 0.326 e. The highest BCUT2D eigenvalue weighted by Crippen LogP contribution is 2.10. The van der Waals surface area contributed by atoms with Crippen molar-refractivity contribution in [3.8, 4) is 5.69 Å². The molecule has 0 fully saturated rings. The number of carbonyl (C=O) groups is 3. The third-order valence-electron chi connectivity index (χ3n) is 3.01. The molecule has 114 valence electrons. The molecule has 0 saturated heterocycles. The summed E-state index contributed by atoms with van der Waals surface area (Å²) in [6, 6.07) is 8.78. The van der Waals surface area contributed by atoms with Crippen molar-refractivity contribution in [2.75, 3.05) is 0 Å². The van der Waals surface area contributed by atoms with Crippen LogP contribution < -0.4 is 5.32 Å². The Balaban J connectivity index is 2.09. The first-order valence-corrected chi connectivity index (χ1v) is 6.46. The minimum atomic E-state index is -1.46. The molecule has 0 radical (unpaired) electrons. The first kappa shape index (κ1) is 15.3. The lowest BCUT2D eigenvalue weighted by molar-refractivity contribution is -0.145. The van der Waals surface area contributed by atoms with Crippen LogP contribution in [0.15, 0.2) is 48.8 Å². The molecule has 0 bridgehead atoms. The fourth-order valence-electron chi connectivity index (χ4n) is 1.91. The molecule has 0 saturated carbocycles. The molecule has 0 aliphatic rings. The first-order valence-electron chi connectivity index (χ1n) is 6.46. The number of nitrogens with one attached hydrogen (secondary N) is 1. The van der Waals surface area contributed by atoms with Gasteiger partial charge in [0.2, 0.25) is 0 Å². The number of amides is 1. The maximum atomic E-state index is 12.0. The van der Waals surface area contributed by atoms with Crippen LogP contribution in [0.5, 0.6) is 0 Å². The minimum absolute atomic E-state index is 0.257. The van der Waals surface area contributed by atoms with Crippen LogP contribution in [0.3, 0.4) is 0 Å². The number of aliphatic carboxylic acids is 2. The van der Waals surface area contributed by atoms with E-state index in [9.17, 15) is 14.4 Å². The highest BCUT2D eigenvalue weighted by Gasteiger charge is 2.23. The van der Waals surface area contributed by atoms with Crippen LogP contribution in [0.25, 0.3) is 5.69 Å². The predicted molar refractivity (Wildman–Crippen MR) is 76.9 cm³/mol. The van der Waals surface area contributed by atoms with Crippen LogP contribution in [0, 0.1) is 0 Å². The second-order valence-electron chi connectivity index (χ2n) is 4.60. The molecule has 2 aromatic rings. The number of carbonyl (C=O) groups excluding carboxylic acids is 1. The summed E-state index contributed by atoms with van der Waals surface area (Å²) in [5.41, 5.74) is 1.11. The summed E-state index contributed by atoms with van der Waals surface area (Å²) in [4.78, 5) is 33.5. The molecule has 7 heteroatoms. The molecule has 0 spiro atoms. The van der Waals surface area contributed by atoms with Crippen molar-refractivity contribution < 1.29 is 24.6 Å². The van der Waals surface area contributed by atoms with Gasteiger partial charge in [0, 0.05) is 23.6 Å². The van der Waals surface area contributed by atoms with Gasteiger partial charge in [0.15, 0.2) is 0 Å². The Labute approximate surface area is 125 Å². The Bertz CT molecular complexity index is 676. The number of hydrogen-bond donors (Lipinski definition) is 3. The second kappa shape index (κ2) is 6.57. The van der Waals surface area contributed by atoms with Crippen molar-refractivity contribution in [2.45, 2.75) is 12.5 Å². The summed E-state index contributed by atoms with van der Waals surface area (Å²) in [5, 5.41) is 19.7. The number of carboxylic acid groups (broad SMARTS) is 2. The fraction of sp³-hybridized carbons (Fsp3) is 0.133. The van der Waals surface area contributed by atoms with Crippen molar-refractivity contribution in [3.05, 3.63) is 54.4 Å². The van der Waals surface area contributed by atoms with Crippen molar-refractivity contribution in [1.82, 2.24) is 9.88 Å². The second-order valence-corrected chi connectivity index (χ2v) is 4.60. The standard InChI is InChI=1S/C15H14N2O5/c18-13(19)9-12(15(21)22)16-14(20)10-3-5-11(6-4-10)17-7-1-2-8-17/h1-8,12H,9H2,(H,16,20)(H,18,19)(H,21,22). The molecule has 1 heterocycles. The molecule has 7 nitrogen and oxygen atoms in total. The number of benzene rings is 1. The molecule has 1 unspecified atom stereocenters. The normalized spacial score (nSPS) is 11.6. The summed E-state index contributed by atoms with van der Waals surface area (Å²) >= 11 is 0. The number of aromatic nitrogens is 1. The molecule has 2 rings (SSSR count). The van der Waals surface area contributed by atoms with Crippen molar-refractivity contribution in [2.24, 2.45) is 0 Å². The number of hydrogen-bond acceptors (Lipinski definition) is 3. The van der Waals surface area contributed by atoms with Crippen LogP contribution >= 0.6 is 0 Å². The Kier molecular flexibility index (Phi) is 4.57. The molecule has 1 aromatic carbocycles. The van der Waals surface area contributed by atoms with E-state index in [0.717, 1.165) is 5.69 Å². The van der Waals surface area contributed by atoms with E-state index in [1.807, 2.05) is 29.1 Å². The van der Waals surface area contributed by atoms with E-state index in [0.29, 0.717) is 0 Å². The van der Waals surface area contributed by atoms with Crippen LogP contribution in [0.2, 0.25) is 0 Å². The van der Waals surface area contributed by atoms with Gasteiger partial charge in [0.05, 0.1) is 6.42 Å². The van der Waals surface area contributed by atoms with Gasteiger partial charge in [-0.3, -0.25) is 9.59 Å². The van der Waals surface area contributed by atoms with Crippen LogP contribution in [-0.4, -0.2) is 38.7 Å². The SMILES string of the molecule is O=C(O)CC(NC(=O)c1ccc(-n2cccc2)cc1)C(=O)O. The summed E-state index contributed by atoms with van der Waals surface area (Å²) in [6.45, 7) is 0. The molecule has 0 aliphatic heterocycles. The molecule has 22 heavy (non-hydrogen) atoms. The van der Waals surface area contributed by atoms with Gasteiger partial charge in [-0.05, 0) is 36.4 Å². The van der Waals surface area contributed by atoms with Crippen molar-refractivity contribution >= 4 is 17.8 Å². The Morgan fingerprint density at radius 1 is 1.05 bits per heavy atom. The van der Waals surface area contributed by atoms with E-state index in [-0.39, 0.29) is 5.56 Å². The van der Waals surface area contributed by atoms with Gasteiger partial charge in [0.1, 0.15) is 6.04 Å². The zero-order valence-corrected chi connectivity index (χ0v) is 11.5. The third kappa shape index (κ3) is 3.72. The van der Waals surface area contributed by atoms with Crippen LogP contribution in [0.4, 0.5) is 0 Å². The average Bonchev–Trinajstić information content (AvgIpc) is 3.00. The van der Waals surface area contributed by atoms with Gasteiger partial charge in [-0.1, -0.05) is 0 Å². The van der Waals surface area contributed by atoms with Crippen LogP contribution in [0.1, 0.15) is 16.8 Å². The molecule has 3 N–H and O–H groups in total. The van der Waals surface area contributed by atoms with Gasteiger partial charge < -0.3 is 20.1 Å². The van der Waals surface area contributed by atoms with Gasteiger partial charge in [-0.2, -0.15) is 0 Å². The number of carboxylic acids is 2. The first-order chi connectivity index (χ1) is 10.5. The molecular formula is C15H14N2O5. The highest BCUT2D eigenvalue weighted by molar-refractivity contribution is 5.97. The largest absolute Gasteiger partial charge is 0.481 e. The van der Waals surface area contributed by atoms with Crippen LogP contribution in [-0.2, 0) is 9.59 Å². The topological polar surface area (TPSA) is 109 Å². The van der Waals surface area contributed by atoms with E-state index >= 15 is 0 Å². The van der Waals surface area contributed by atoms with E-state index in [1.165, 1.54) is 0 Å². The maximum absolute atomic E-state index is 12.0. The summed E-state index contributed by atoms with van der Waals surface area (Å²) in [7, 11) is 0. The number of rotatable bonds is 6. The molecule has 1 amide bonds. The zero-order valence-electron chi connectivity index (χ0n) is 11.5. The monoisotopic (exact) mass is 302 g/mol. The quantitative estimate of drug-likeness (QED) is 0.741. The van der Waals surface area contributed by atoms with Crippen molar-refractivity contribution in [1.29, 1.82) is 0 Å².